The maximum Gasteiger partial charge on any atom is 0.407 e. The summed E-state index contributed by atoms with van der Waals surface area (Å²) in [7, 11) is 3.59. The third-order valence-corrected chi connectivity index (χ3v) is 7.66. The van der Waals surface area contributed by atoms with Gasteiger partial charge in [0.15, 0.2) is 0 Å². The molecule has 1 amide bonds. The van der Waals surface area contributed by atoms with E-state index in [2.05, 4.69) is 18.0 Å². The van der Waals surface area contributed by atoms with E-state index in [1.807, 2.05) is 9.80 Å². The molecule has 202 valence electrons. The topological polar surface area (TPSA) is 118 Å². The summed E-state index contributed by atoms with van der Waals surface area (Å²) >= 11 is 0. The second-order valence-electron chi connectivity index (χ2n) is 9.93. The zero-order chi connectivity index (χ0) is 26.8. The van der Waals surface area contributed by atoms with Crippen LogP contribution in [0.5, 0.6) is 11.8 Å². The SMILES string of the molecule is COc1cccc(F)c1N1Cc2nc(OCC3CCCN3C)nc(N3CCN(C(=O)O)C(CC#N)C3)c2C1. The van der Waals surface area contributed by atoms with Crippen molar-refractivity contribution < 1.29 is 23.8 Å². The molecule has 11 nitrogen and oxygen atoms in total. The van der Waals surface area contributed by atoms with Gasteiger partial charge in [0.2, 0.25) is 0 Å². The minimum absolute atomic E-state index is 0.0754. The standard InChI is InChI=1S/C26H32FN7O4/c1-31-10-4-5-18(31)16-38-25-29-21-15-33(23-20(27)6-3-7-22(23)37-2)14-19(21)24(30-25)32-11-12-34(26(35)36)17(13-32)8-9-28/h3,6-7,17-18H,4-5,8,10-16H2,1-2H3,(H,35,36). The maximum atomic E-state index is 14.9. The second-order valence-corrected chi connectivity index (χ2v) is 9.93. The van der Waals surface area contributed by atoms with Crippen LogP contribution in [0.4, 0.5) is 20.7 Å². The van der Waals surface area contributed by atoms with E-state index in [-0.39, 0.29) is 25.0 Å². The Hall–Kier alpha value is -3.85. The molecule has 0 bridgehead atoms. The summed E-state index contributed by atoms with van der Waals surface area (Å²) in [5, 5.41) is 18.9. The Morgan fingerprint density at radius 2 is 2.05 bits per heavy atom. The molecule has 4 heterocycles. The number of likely N-dealkylation sites (N-methyl/N-ethyl adjacent to an activating group) is 1. The first-order valence-electron chi connectivity index (χ1n) is 12.8. The second kappa shape index (κ2) is 10.9. The largest absolute Gasteiger partial charge is 0.494 e. The Labute approximate surface area is 221 Å². The molecule has 38 heavy (non-hydrogen) atoms. The normalized spacial score (nSPS) is 21.4. The quantitative estimate of drug-likeness (QED) is 0.578. The molecule has 1 aromatic heterocycles. The molecular formula is C26H32FN7O4. The minimum atomic E-state index is -1.04. The Balaban J connectivity index is 1.47. The van der Waals surface area contributed by atoms with Crippen LogP contribution in [-0.4, -0.2) is 90.0 Å². The predicted octanol–water partition coefficient (Wildman–Crippen LogP) is 2.70. The van der Waals surface area contributed by atoms with E-state index >= 15 is 0 Å². The van der Waals surface area contributed by atoms with Crippen molar-refractivity contribution in [3.63, 3.8) is 0 Å². The number of aromatic nitrogens is 2. The van der Waals surface area contributed by atoms with Crippen molar-refractivity contribution in [2.75, 3.05) is 56.7 Å². The molecule has 0 saturated carbocycles. The summed E-state index contributed by atoms with van der Waals surface area (Å²) in [6, 6.07) is 6.88. The van der Waals surface area contributed by atoms with Gasteiger partial charge in [-0.1, -0.05) is 6.07 Å². The number of amides is 1. The van der Waals surface area contributed by atoms with E-state index in [1.54, 1.807) is 12.1 Å². The molecule has 2 atom stereocenters. The molecule has 5 rings (SSSR count). The third kappa shape index (κ3) is 4.98. The summed E-state index contributed by atoms with van der Waals surface area (Å²) in [5.41, 5.74) is 1.92. The van der Waals surface area contributed by atoms with E-state index in [9.17, 15) is 19.6 Å². The summed E-state index contributed by atoms with van der Waals surface area (Å²) in [5.74, 6) is 0.671. The average Bonchev–Trinajstić information content (AvgIpc) is 3.52. The van der Waals surface area contributed by atoms with Crippen LogP contribution in [0.1, 0.15) is 30.5 Å². The number of para-hydroxylation sites is 1. The number of halogens is 1. The lowest BCUT2D eigenvalue weighted by atomic mass is 10.1. The molecule has 0 radical (unpaired) electrons. The molecule has 3 aliphatic rings. The van der Waals surface area contributed by atoms with E-state index in [4.69, 9.17) is 19.4 Å². The number of carboxylic acid groups (broad SMARTS) is 1. The number of hydrogen-bond donors (Lipinski definition) is 1. The van der Waals surface area contributed by atoms with Crippen LogP contribution in [0.25, 0.3) is 0 Å². The van der Waals surface area contributed by atoms with Gasteiger partial charge >= 0.3 is 12.1 Å². The van der Waals surface area contributed by atoms with Gasteiger partial charge in [-0.05, 0) is 38.6 Å². The number of benzene rings is 1. The zero-order valence-electron chi connectivity index (χ0n) is 21.6. The molecular weight excluding hydrogens is 493 g/mol. The molecule has 2 unspecified atom stereocenters. The maximum absolute atomic E-state index is 14.9. The number of methoxy groups -OCH3 is 1. The van der Waals surface area contributed by atoms with Gasteiger partial charge in [0.25, 0.3) is 0 Å². The van der Waals surface area contributed by atoms with Gasteiger partial charge in [-0.15, -0.1) is 0 Å². The molecule has 1 aromatic carbocycles. The number of ether oxygens (including phenoxy) is 2. The number of piperazine rings is 1. The van der Waals surface area contributed by atoms with Crippen molar-refractivity contribution >= 4 is 17.6 Å². The van der Waals surface area contributed by atoms with Crippen LogP contribution in [0, 0.1) is 17.1 Å². The van der Waals surface area contributed by atoms with Crippen LogP contribution in [0.3, 0.4) is 0 Å². The van der Waals surface area contributed by atoms with E-state index in [1.165, 1.54) is 18.1 Å². The van der Waals surface area contributed by atoms with E-state index in [0.29, 0.717) is 50.0 Å². The van der Waals surface area contributed by atoms with Crippen LogP contribution in [-0.2, 0) is 13.1 Å². The Bertz CT molecular complexity index is 1240. The lowest BCUT2D eigenvalue weighted by Crippen LogP contribution is -2.55. The number of fused-ring (bicyclic) bond motifs is 1. The first-order chi connectivity index (χ1) is 18.4. The van der Waals surface area contributed by atoms with Crippen LogP contribution >= 0.6 is 0 Å². The van der Waals surface area contributed by atoms with Crippen molar-refractivity contribution in [3.8, 4) is 17.8 Å². The number of nitrogens with zero attached hydrogens (tertiary/aromatic N) is 7. The van der Waals surface area contributed by atoms with Gasteiger partial charge in [-0.2, -0.15) is 15.2 Å². The van der Waals surface area contributed by atoms with Crippen molar-refractivity contribution in [3.05, 3.63) is 35.3 Å². The number of anilines is 2. The fourth-order valence-electron chi connectivity index (χ4n) is 5.61. The van der Waals surface area contributed by atoms with E-state index in [0.717, 1.165) is 30.6 Å². The highest BCUT2D eigenvalue weighted by Crippen LogP contribution is 2.39. The fraction of sp³-hybridized carbons (Fsp3) is 0.538. The zero-order valence-corrected chi connectivity index (χ0v) is 21.6. The predicted molar refractivity (Wildman–Crippen MR) is 137 cm³/mol. The average molecular weight is 526 g/mol. The molecule has 3 aliphatic heterocycles. The Kier molecular flexibility index (Phi) is 7.37. The van der Waals surface area contributed by atoms with Gasteiger partial charge in [-0.25, -0.2) is 9.18 Å². The summed E-state index contributed by atoms with van der Waals surface area (Å²) in [6.45, 7) is 3.16. The summed E-state index contributed by atoms with van der Waals surface area (Å²) in [6.07, 6.45) is 1.20. The third-order valence-electron chi connectivity index (χ3n) is 7.66. The lowest BCUT2D eigenvalue weighted by Gasteiger charge is -2.40. The highest BCUT2D eigenvalue weighted by Gasteiger charge is 2.36. The summed E-state index contributed by atoms with van der Waals surface area (Å²) < 4.78 is 26.5. The van der Waals surface area contributed by atoms with Crippen LogP contribution < -0.4 is 19.3 Å². The van der Waals surface area contributed by atoms with Gasteiger partial charge < -0.3 is 34.2 Å². The van der Waals surface area contributed by atoms with Gasteiger partial charge in [0.05, 0.1) is 37.9 Å². The first kappa shape index (κ1) is 25.8. The number of hydrogen-bond acceptors (Lipinski definition) is 9. The molecule has 0 aliphatic carbocycles. The molecule has 2 fully saturated rings. The molecule has 2 saturated heterocycles. The van der Waals surface area contributed by atoms with Crippen molar-refractivity contribution in [2.45, 2.75) is 44.4 Å². The van der Waals surface area contributed by atoms with Crippen LogP contribution in [0.15, 0.2) is 18.2 Å². The van der Waals surface area contributed by atoms with Crippen molar-refractivity contribution in [2.24, 2.45) is 0 Å². The molecule has 12 heteroatoms. The molecule has 2 aromatic rings. The number of nitriles is 1. The smallest absolute Gasteiger partial charge is 0.407 e. The molecule has 1 N–H and O–H groups in total. The number of rotatable bonds is 7. The van der Waals surface area contributed by atoms with Crippen molar-refractivity contribution in [1.29, 1.82) is 5.26 Å². The van der Waals surface area contributed by atoms with E-state index < -0.39 is 18.0 Å². The fourth-order valence-corrected chi connectivity index (χ4v) is 5.61. The van der Waals surface area contributed by atoms with Crippen LogP contribution in [0.2, 0.25) is 0 Å². The minimum Gasteiger partial charge on any atom is -0.494 e. The van der Waals surface area contributed by atoms with Crippen molar-refractivity contribution in [1.82, 2.24) is 19.8 Å². The highest BCUT2D eigenvalue weighted by atomic mass is 19.1. The monoisotopic (exact) mass is 525 g/mol. The van der Waals surface area contributed by atoms with Gasteiger partial charge in [0.1, 0.15) is 29.7 Å². The lowest BCUT2D eigenvalue weighted by molar-refractivity contribution is 0.119. The van der Waals surface area contributed by atoms with Gasteiger partial charge in [-0.3, -0.25) is 0 Å². The summed E-state index contributed by atoms with van der Waals surface area (Å²) in [4.78, 5) is 28.7. The number of likely N-dealkylation sites (tertiary alicyclic amines) is 1. The molecule has 0 spiro atoms. The number of carbonyl (C=O) groups is 1. The highest BCUT2D eigenvalue weighted by molar-refractivity contribution is 5.67. The Morgan fingerprint density at radius 3 is 2.76 bits per heavy atom. The van der Waals surface area contributed by atoms with Gasteiger partial charge in [0, 0.05) is 37.8 Å². The first-order valence-corrected chi connectivity index (χ1v) is 12.8. The Morgan fingerprint density at radius 1 is 1.21 bits per heavy atom.